The number of carbonyl (C=O) groups is 2. The zero-order valence-corrected chi connectivity index (χ0v) is 11.5. The number of aliphatic carboxylic acids is 1. The number of hydrogen-bond acceptors (Lipinski definition) is 4. The van der Waals surface area contributed by atoms with Crippen LogP contribution < -0.4 is 0 Å². The molecule has 1 heterocycles. The van der Waals surface area contributed by atoms with E-state index in [0.717, 1.165) is 17.8 Å². The second-order valence-electron chi connectivity index (χ2n) is 4.14. The molecule has 0 aliphatic heterocycles. The van der Waals surface area contributed by atoms with Gasteiger partial charge < -0.3 is 9.84 Å². The predicted octanol–water partition coefficient (Wildman–Crippen LogP) is 1.27. The minimum atomic E-state index is -1.17. The Morgan fingerprint density at radius 2 is 2.11 bits per heavy atom. The van der Waals surface area contributed by atoms with Crippen molar-refractivity contribution >= 4 is 11.9 Å². The van der Waals surface area contributed by atoms with Gasteiger partial charge in [-0.3, -0.25) is 14.3 Å². The average molecular weight is 268 g/mol. The Balaban J connectivity index is 2.93. The fraction of sp³-hybridized carbons (Fsp3) is 0.615. The SMILES string of the molecule is CCOC(=O)C(Cc1cc(CC)nn1CC)C(=O)O. The Labute approximate surface area is 112 Å². The molecule has 0 fully saturated rings. The van der Waals surface area contributed by atoms with Gasteiger partial charge in [-0.2, -0.15) is 5.10 Å². The molecule has 0 aromatic carbocycles. The molecule has 6 heteroatoms. The maximum atomic E-state index is 11.6. The molecule has 0 saturated carbocycles. The maximum absolute atomic E-state index is 11.6. The molecule has 1 aromatic rings. The molecule has 1 unspecified atom stereocenters. The van der Waals surface area contributed by atoms with Crippen LogP contribution in [0.25, 0.3) is 0 Å². The number of carbonyl (C=O) groups excluding carboxylic acids is 1. The van der Waals surface area contributed by atoms with Crippen LogP contribution in [0.2, 0.25) is 0 Å². The van der Waals surface area contributed by atoms with E-state index in [1.165, 1.54) is 0 Å². The third kappa shape index (κ3) is 3.81. The molecule has 6 nitrogen and oxygen atoms in total. The highest BCUT2D eigenvalue weighted by Crippen LogP contribution is 2.14. The van der Waals surface area contributed by atoms with E-state index in [0.29, 0.717) is 6.54 Å². The second-order valence-corrected chi connectivity index (χ2v) is 4.14. The largest absolute Gasteiger partial charge is 0.481 e. The Morgan fingerprint density at radius 3 is 2.58 bits per heavy atom. The summed E-state index contributed by atoms with van der Waals surface area (Å²) in [6.45, 7) is 6.38. The molecule has 106 valence electrons. The first kappa shape index (κ1) is 15.2. The maximum Gasteiger partial charge on any atom is 0.320 e. The summed E-state index contributed by atoms with van der Waals surface area (Å²) in [7, 11) is 0. The number of carboxylic acids is 1. The van der Waals surface area contributed by atoms with Gasteiger partial charge in [0.15, 0.2) is 5.92 Å². The third-order valence-corrected chi connectivity index (χ3v) is 2.86. The van der Waals surface area contributed by atoms with Gasteiger partial charge in [-0.05, 0) is 26.3 Å². The molecule has 1 atom stereocenters. The van der Waals surface area contributed by atoms with Crippen molar-refractivity contribution in [2.45, 2.75) is 40.2 Å². The summed E-state index contributed by atoms with van der Waals surface area (Å²) in [5.74, 6) is -3.04. The lowest BCUT2D eigenvalue weighted by molar-refractivity contribution is -0.158. The van der Waals surface area contributed by atoms with Crippen LogP contribution in [0.3, 0.4) is 0 Å². The molecule has 19 heavy (non-hydrogen) atoms. The summed E-state index contributed by atoms with van der Waals surface area (Å²) in [5, 5.41) is 13.5. The van der Waals surface area contributed by atoms with Crippen molar-refractivity contribution in [3.05, 3.63) is 17.5 Å². The average Bonchev–Trinajstić information content (AvgIpc) is 2.78. The summed E-state index contributed by atoms with van der Waals surface area (Å²) in [6.07, 6.45) is 0.881. The van der Waals surface area contributed by atoms with Crippen molar-refractivity contribution in [2.24, 2.45) is 5.92 Å². The van der Waals surface area contributed by atoms with Crippen molar-refractivity contribution in [3.63, 3.8) is 0 Å². The van der Waals surface area contributed by atoms with Crippen LogP contribution in [0, 0.1) is 5.92 Å². The summed E-state index contributed by atoms with van der Waals surface area (Å²) < 4.78 is 6.52. The molecule has 0 radical (unpaired) electrons. The predicted molar refractivity (Wildman–Crippen MR) is 68.7 cm³/mol. The molecule has 0 aliphatic carbocycles. The number of aryl methyl sites for hydroxylation is 2. The molecule has 0 saturated heterocycles. The standard InChI is InChI=1S/C13H20N2O4/c1-4-9-7-10(15(5-2)14-9)8-11(12(16)17)13(18)19-6-3/h7,11H,4-6,8H2,1-3H3,(H,16,17). The number of ether oxygens (including phenoxy) is 1. The summed E-state index contributed by atoms with van der Waals surface area (Å²) in [4.78, 5) is 22.8. The summed E-state index contributed by atoms with van der Waals surface area (Å²) in [6, 6.07) is 1.85. The number of nitrogens with zero attached hydrogens (tertiary/aromatic N) is 2. The van der Waals surface area contributed by atoms with Crippen LogP contribution in [-0.4, -0.2) is 33.4 Å². The van der Waals surface area contributed by atoms with Crippen LogP contribution in [0.1, 0.15) is 32.2 Å². The lowest BCUT2D eigenvalue weighted by atomic mass is 10.0. The minimum Gasteiger partial charge on any atom is -0.481 e. The normalized spacial score (nSPS) is 12.2. The zero-order chi connectivity index (χ0) is 14.4. The minimum absolute atomic E-state index is 0.106. The molecule has 1 N–H and O–H groups in total. The fourth-order valence-electron chi connectivity index (χ4n) is 1.85. The Hall–Kier alpha value is -1.85. The molecule has 1 aromatic heterocycles. The van der Waals surface area contributed by atoms with Gasteiger partial charge in [-0.25, -0.2) is 0 Å². The van der Waals surface area contributed by atoms with E-state index in [1.807, 2.05) is 19.9 Å². The number of esters is 1. The van der Waals surface area contributed by atoms with E-state index in [4.69, 9.17) is 9.84 Å². The first-order chi connectivity index (χ1) is 9.03. The van der Waals surface area contributed by atoms with Crippen LogP contribution in [0.15, 0.2) is 6.07 Å². The van der Waals surface area contributed by atoms with Gasteiger partial charge >= 0.3 is 11.9 Å². The van der Waals surface area contributed by atoms with Gasteiger partial charge in [0.2, 0.25) is 0 Å². The Bertz CT molecular complexity index is 453. The third-order valence-electron chi connectivity index (χ3n) is 2.86. The van der Waals surface area contributed by atoms with E-state index >= 15 is 0 Å². The quantitative estimate of drug-likeness (QED) is 0.595. The van der Waals surface area contributed by atoms with Gasteiger partial charge in [-0.15, -0.1) is 0 Å². The van der Waals surface area contributed by atoms with E-state index in [1.54, 1.807) is 11.6 Å². The van der Waals surface area contributed by atoms with Crippen LogP contribution in [0.5, 0.6) is 0 Å². The molecule has 1 rings (SSSR count). The smallest absolute Gasteiger partial charge is 0.320 e. The van der Waals surface area contributed by atoms with Crippen molar-refractivity contribution < 1.29 is 19.4 Å². The van der Waals surface area contributed by atoms with Crippen molar-refractivity contribution in [3.8, 4) is 0 Å². The fourth-order valence-corrected chi connectivity index (χ4v) is 1.85. The van der Waals surface area contributed by atoms with Crippen molar-refractivity contribution in [2.75, 3.05) is 6.61 Å². The summed E-state index contributed by atoms with van der Waals surface area (Å²) in [5.41, 5.74) is 1.64. The lowest BCUT2D eigenvalue weighted by Crippen LogP contribution is -2.28. The van der Waals surface area contributed by atoms with E-state index in [-0.39, 0.29) is 13.0 Å². The number of hydrogen-bond donors (Lipinski definition) is 1. The van der Waals surface area contributed by atoms with Crippen LogP contribution in [-0.2, 0) is 33.7 Å². The van der Waals surface area contributed by atoms with Gasteiger partial charge in [0.1, 0.15) is 0 Å². The van der Waals surface area contributed by atoms with Gasteiger partial charge in [0.25, 0.3) is 0 Å². The van der Waals surface area contributed by atoms with Gasteiger partial charge in [0.05, 0.1) is 12.3 Å². The first-order valence-electron chi connectivity index (χ1n) is 6.48. The van der Waals surface area contributed by atoms with Crippen LogP contribution >= 0.6 is 0 Å². The first-order valence-corrected chi connectivity index (χ1v) is 6.48. The number of carboxylic acid groups (broad SMARTS) is 1. The zero-order valence-electron chi connectivity index (χ0n) is 11.5. The van der Waals surface area contributed by atoms with Crippen molar-refractivity contribution in [1.82, 2.24) is 9.78 Å². The molecule has 0 aliphatic rings. The molecule has 0 amide bonds. The Kier molecular flexibility index (Phi) is 5.54. The molecule has 0 spiro atoms. The highest BCUT2D eigenvalue weighted by atomic mass is 16.5. The topological polar surface area (TPSA) is 81.4 Å². The van der Waals surface area contributed by atoms with Crippen molar-refractivity contribution in [1.29, 1.82) is 0 Å². The second kappa shape index (κ2) is 6.92. The Morgan fingerprint density at radius 1 is 1.42 bits per heavy atom. The lowest BCUT2D eigenvalue weighted by Gasteiger charge is -2.11. The monoisotopic (exact) mass is 268 g/mol. The molecular weight excluding hydrogens is 248 g/mol. The van der Waals surface area contributed by atoms with Gasteiger partial charge in [0, 0.05) is 18.7 Å². The highest BCUT2D eigenvalue weighted by Gasteiger charge is 2.29. The van der Waals surface area contributed by atoms with E-state index in [9.17, 15) is 9.59 Å². The molecule has 0 bridgehead atoms. The van der Waals surface area contributed by atoms with Crippen LogP contribution in [0.4, 0.5) is 0 Å². The molecular formula is C13H20N2O4. The number of aromatic nitrogens is 2. The number of rotatable bonds is 7. The summed E-state index contributed by atoms with van der Waals surface area (Å²) >= 11 is 0. The van der Waals surface area contributed by atoms with E-state index < -0.39 is 17.9 Å². The van der Waals surface area contributed by atoms with E-state index in [2.05, 4.69) is 5.10 Å². The highest BCUT2D eigenvalue weighted by molar-refractivity contribution is 5.94. The van der Waals surface area contributed by atoms with Gasteiger partial charge in [-0.1, -0.05) is 6.92 Å².